The summed E-state index contributed by atoms with van der Waals surface area (Å²) in [6.07, 6.45) is 0. The van der Waals surface area contributed by atoms with E-state index in [1.54, 1.807) is 12.1 Å². The van der Waals surface area contributed by atoms with Crippen LogP contribution in [0, 0.1) is 12.7 Å². The second-order valence-electron chi connectivity index (χ2n) is 4.39. The summed E-state index contributed by atoms with van der Waals surface area (Å²) in [6.45, 7) is 6.06. The standard InChI is InChI=1S/C14H15FN2/c1-9(2)13-8-14(17-10(3)16-13)11-4-6-12(15)7-5-11/h4-9H,1-3H3. The van der Waals surface area contributed by atoms with Gasteiger partial charge in [-0.15, -0.1) is 0 Å². The quantitative estimate of drug-likeness (QED) is 0.785. The van der Waals surface area contributed by atoms with Crippen molar-refractivity contribution >= 4 is 0 Å². The van der Waals surface area contributed by atoms with Gasteiger partial charge in [0, 0.05) is 11.3 Å². The van der Waals surface area contributed by atoms with Gasteiger partial charge in [0.05, 0.1) is 5.69 Å². The van der Waals surface area contributed by atoms with E-state index < -0.39 is 0 Å². The summed E-state index contributed by atoms with van der Waals surface area (Å²) in [5.41, 5.74) is 2.77. The van der Waals surface area contributed by atoms with Gasteiger partial charge in [0.25, 0.3) is 0 Å². The van der Waals surface area contributed by atoms with Crippen molar-refractivity contribution in [3.8, 4) is 11.3 Å². The van der Waals surface area contributed by atoms with Crippen LogP contribution in [-0.2, 0) is 0 Å². The molecule has 0 aliphatic heterocycles. The van der Waals surface area contributed by atoms with Crippen molar-refractivity contribution in [2.75, 3.05) is 0 Å². The zero-order valence-electron chi connectivity index (χ0n) is 10.2. The Morgan fingerprint density at radius 3 is 2.29 bits per heavy atom. The Morgan fingerprint density at radius 1 is 1.06 bits per heavy atom. The highest BCUT2D eigenvalue weighted by Crippen LogP contribution is 2.21. The molecule has 0 N–H and O–H groups in total. The van der Waals surface area contributed by atoms with Crippen molar-refractivity contribution in [3.05, 3.63) is 47.7 Å². The molecular formula is C14H15FN2. The molecule has 3 heteroatoms. The highest BCUT2D eigenvalue weighted by molar-refractivity contribution is 5.59. The number of aryl methyl sites for hydroxylation is 1. The maximum absolute atomic E-state index is 12.9. The van der Waals surface area contributed by atoms with Gasteiger partial charge in [0.1, 0.15) is 11.6 Å². The van der Waals surface area contributed by atoms with Crippen LogP contribution in [0.15, 0.2) is 30.3 Å². The van der Waals surface area contributed by atoms with Crippen LogP contribution in [0.25, 0.3) is 11.3 Å². The molecule has 1 aromatic heterocycles. The third-order valence-corrected chi connectivity index (χ3v) is 2.59. The molecule has 2 aromatic rings. The second kappa shape index (κ2) is 4.62. The maximum Gasteiger partial charge on any atom is 0.126 e. The molecule has 0 amide bonds. The number of benzene rings is 1. The van der Waals surface area contributed by atoms with Gasteiger partial charge in [-0.3, -0.25) is 0 Å². The van der Waals surface area contributed by atoms with Crippen LogP contribution < -0.4 is 0 Å². The van der Waals surface area contributed by atoms with E-state index in [1.165, 1.54) is 12.1 Å². The van der Waals surface area contributed by atoms with Gasteiger partial charge >= 0.3 is 0 Å². The zero-order chi connectivity index (χ0) is 12.4. The number of hydrogen-bond donors (Lipinski definition) is 0. The van der Waals surface area contributed by atoms with Crippen LogP contribution in [0.5, 0.6) is 0 Å². The molecule has 2 rings (SSSR count). The Balaban J connectivity index is 2.48. The van der Waals surface area contributed by atoms with Crippen LogP contribution in [0.1, 0.15) is 31.3 Å². The summed E-state index contributed by atoms with van der Waals surface area (Å²) in [5, 5.41) is 0. The highest BCUT2D eigenvalue weighted by Gasteiger charge is 2.07. The summed E-state index contributed by atoms with van der Waals surface area (Å²) < 4.78 is 12.9. The molecule has 1 aromatic carbocycles. The molecule has 0 aliphatic carbocycles. The molecule has 2 nitrogen and oxygen atoms in total. The lowest BCUT2D eigenvalue weighted by atomic mass is 10.1. The third-order valence-electron chi connectivity index (χ3n) is 2.59. The monoisotopic (exact) mass is 230 g/mol. The lowest BCUT2D eigenvalue weighted by Gasteiger charge is -2.08. The van der Waals surface area contributed by atoms with E-state index >= 15 is 0 Å². The van der Waals surface area contributed by atoms with Crippen molar-refractivity contribution in [2.24, 2.45) is 0 Å². The Labute approximate surface area is 101 Å². The minimum atomic E-state index is -0.233. The smallest absolute Gasteiger partial charge is 0.126 e. The average Bonchev–Trinajstić information content (AvgIpc) is 2.29. The molecule has 0 saturated carbocycles. The van der Waals surface area contributed by atoms with E-state index in [9.17, 15) is 4.39 Å². The normalized spacial score (nSPS) is 10.9. The van der Waals surface area contributed by atoms with Crippen molar-refractivity contribution in [1.29, 1.82) is 0 Å². The molecule has 0 radical (unpaired) electrons. The van der Waals surface area contributed by atoms with Crippen molar-refractivity contribution in [2.45, 2.75) is 26.7 Å². The molecule has 88 valence electrons. The van der Waals surface area contributed by atoms with Crippen molar-refractivity contribution in [3.63, 3.8) is 0 Å². The number of hydrogen-bond acceptors (Lipinski definition) is 2. The topological polar surface area (TPSA) is 25.8 Å². The second-order valence-corrected chi connectivity index (χ2v) is 4.39. The van der Waals surface area contributed by atoms with Gasteiger partial charge < -0.3 is 0 Å². The number of rotatable bonds is 2. The van der Waals surface area contributed by atoms with Crippen molar-refractivity contribution in [1.82, 2.24) is 9.97 Å². The van der Waals surface area contributed by atoms with Gasteiger partial charge in [-0.1, -0.05) is 13.8 Å². The number of halogens is 1. The van der Waals surface area contributed by atoms with E-state index in [0.717, 1.165) is 22.8 Å². The van der Waals surface area contributed by atoms with E-state index in [4.69, 9.17) is 0 Å². The lowest BCUT2D eigenvalue weighted by molar-refractivity contribution is 0.628. The average molecular weight is 230 g/mol. The first-order valence-electron chi connectivity index (χ1n) is 5.68. The molecule has 1 heterocycles. The predicted octanol–water partition coefficient (Wildman–Crippen LogP) is 3.71. The van der Waals surface area contributed by atoms with Gasteiger partial charge in [-0.05, 0) is 43.2 Å². The molecule has 17 heavy (non-hydrogen) atoms. The molecule has 0 aliphatic rings. The maximum atomic E-state index is 12.9. The first-order chi connectivity index (χ1) is 8.06. The van der Waals surface area contributed by atoms with Crippen LogP contribution in [0.3, 0.4) is 0 Å². The van der Waals surface area contributed by atoms with Crippen LogP contribution >= 0.6 is 0 Å². The molecule has 0 saturated heterocycles. The Bertz CT molecular complexity index is 518. The van der Waals surface area contributed by atoms with E-state index in [-0.39, 0.29) is 5.82 Å². The predicted molar refractivity (Wildman–Crippen MR) is 66.3 cm³/mol. The van der Waals surface area contributed by atoms with Crippen LogP contribution in [-0.4, -0.2) is 9.97 Å². The summed E-state index contributed by atoms with van der Waals surface area (Å²) in [4.78, 5) is 8.77. The Hall–Kier alpha value is -1.77. The Kier molecular flexibility index (Phi) is 3.18. The zero-order valence-corrected chi connectivity index (χ0v) is 10.2. The van der Waals surface area contributed by atoms with Crippen LogP contribution in [0.2, 0.25) is 0 Å². The van der Waals surface area contributed by atoms with Gasteiger partial charge in [0.15, 0.2) is 0 Å². The summed E-state index contributed by atoms with van der Waals surface area (Å²) >= 11 is 0. The molecule has 0 bridgehead atoms. The summed E-state index contributed by atoms with van der Waals surface area (Å²) in [6, 6.07) is 8.33. The third kappa shape index (κ3) is 2.67. The fourth-order valence-electron chi connectivity index (χ4n) is 1.66. The lowest BCUT2D eigenvalue weighted by Crippen LogP contribution is -1.99. The summed E-state index contributed by atoms with van der Waals surface area (Å²) in [7, 11) is 0. The van der Waals surface area contributed by atoms with Gasteiger partial charge in [-0.2, -0.15) is 0 Å². The first kappa shape index (κ1) is 11.7. The molecule has 0 atom stereocenters. The molecule has 0 fully saturated rings. The molecule has 0 unspecified atom stereocenters. The molecular weight excluding hydrogens is 215 g/mol. The Morgan fingerprint density at radius 2 is 1.71 bits per heavy atom. The van der Waals surface area contributed by atoms with E-state index in [0.29, 0.717) is 5.92 Å². The van der Waals surface area contributed by atoms with Crippen molar-refractivity contribution < 1.29 is 4.39 Å². The van der Waals surface area contributed by atoms with E-state index in [2.05, 4.69) is 23.8 Å². The molecule has 0 spiro atoms. The number of aromatic nitrogens is 2. The largest absolute Gasteiger partial charge is 0.238 e. The fraction of sp³-hybridized carbons (Fsp3) is 0.286. The summed E-state index contributed by atoms with van der Waals surface area (Å²) in [5.74, 6) is 0.870. The minimum Gasteiger partial charge on any atom is -0.238 e. The van der Waals surface area contributed by atoms with Gasteiger partial charge in [0.2, 0.25) is 0 Å². The fourth-order valence-corrected chi connectivity index (χ4v) is 1.66. The SMILES string of the molecule is Cc1nc(-c2ccc(F)cc2)cc(C(C)C)n1. The van der Waals surface area contributed by atoms with Crippen LogP contribution in [0.4, 0.5) is 4.39 Å². The minimum absolute atomic E-state index is 0.233. The highest BCUT2D eigenvalue weighted by atomic mass is 19.1. The number of nitrogens with zero attached hydrogens (tertiary/aromatic N) is 2. The first-order valence-corrected chi connectivity index (χ1v) is 5.68. The van der Waals surface area contributed by atoms with E-state index in [1.807, 2.05) is 13.0 Å². The van der Waals surface area contributed by atoms with Gasteiger partial charge in [-0.25, -0.2) is 14.4 Å².